The number of hydrogen-bond acceptors (Lipinski definition) is 4. The van der Waals surface area contributed by atoms with Crippen molar-refractivity contribution in [3.63, 3.8) is 0 Å². The normalized spacial score (nSPS) is 12.8. The van der Waals surface area contributed by atoms with Crippen LogP contribution in [0.4, 0.5) is 11.4 Å². The number of aryl methyl sites for hydroxylation is 1. The molecule has 0 aromatic heterocycles. The van der Waals surface area contributed by atoms with E-state index in [-0.39, 0.29) is 30.2 Å². The summed E-state index contributed by atoms with van der Waals surface area (Å²) in [6.07, 6.45) is 3.38. The summed E-state index contributed by atoms with van der Waals surface area (Å²) in [5.41, 5.74) is 9.66. The number of nitrogens with two attached hydrogens (primary N) is 1. The van der Waals surface area contributed by atoms with E-state index < -0.39 is 12.4 Å². The van der Waals surface area contributed by atoms with E-state index in [4.69, 9.17) is 16.2 Å². The van der Waals surface area contributed by atoms with Crippen molar-refractivity contribution in [1.82, 2.24) is 0 Å². The summed E-state index contributed by atoms with van der Waals surface area (Å²) in [4.78, 5) is 27.5. The lowest BCUT2D eigenvalue weighted by molar-refractivity contribution is -0.140. The van der Waals surface area contributed by atoms with Gasteiger partial charge in [-0.1, -0.05) is 36.8 Å². The van der Waals surface area contributed by atoms with Crippen molar-refractivity contribution < 1.29 is 14.7 Å². The van der Waals surface area contributed by atoms with E-state index >= 15 is 0 Å². The molecule has 0 atom stereocenters. The highest BCUT2D eigenvalue weighted by Gasteiger charge is 2.30. The van der Waals surface area contributed by atoms with Crippen LogP contribution in [0.2, 0.25) is 0 Å². The van der Waals surface area contributed by atoms with Gasteiger partial charge in [0.25, 0.3) is 0 Å². The lowest BCUT2D eigenvalue weighted by Crippen LogP contribution is -2.40. The summed E-state index contributed by atoms with van der Waals surface area (Å²) >= 11 is 0. The predicted molar refractivity (Wildman–Crippen MR) is 138 cm³/mol. The van der Waals surface area contributed by atoms with Crippen molar-refractivity contribution in [3.05, 3.63) is 59.2 Å². The number of benzene rings is 2. The Morgan fingerprint density at radius 2 is 1.88 bits per heavy atom. The first-order valence-corrected chi connectivity index (χ1v) is 11.0. The van der Waals surface area contributed by atoms with Crippen molar-refractivity contribution in [2.75, 3.05) is 23.4 Å². The molecule has 1 amide bonds. The van der Waals surface area contributed by atoms with E-state index in [0.717, 1.165) is 48.2 Å². The van der Waals surface area contributed by atoms with E-state index in [9.17, 15) is 9.59 Å². The molecule has 0 radical (unpaired) electrons. The van der Waals surface area contributed by atoms with Gasteiger partial charge in [0, 0.05) is 35.6 Å². The molecule has 34 heavy (non-hydrogen) atoms. The summed E-state index contributed by atoms with van der Waals surface area (Å²) in [6, 6.07) is 13.2. The highest BCUT2D eigenvalue weighted by molar-refractivity contribution is 6.03. The zero-order valence-corrected chi connectivity index (χ0v) is 20.3. The first-order chi connectivity index (χ1) is 15.8. The van der Waals surface area contributed by atoms with Crippen molar-refractivity contribution in [2.45, 2.75) is 45.1 Å². The van der Waals surface area contributed by atoms with Crippen LogP contribution in [0.5, 0.6) is 0 Å². The van der Waals surface area contributed by atoms with Crippen LogP contribution >= 0.6 is 12.4 Å². The molecule has 1 fully saturated rings. The fraction of sp³-hybridized carbons (Fsp3) is 0.346. The van der Waals surface area contributed by atoms with Gasteiger partial charge in [-0.3, -0.25) is 15.0 Å². The van der Waals surface area contributed by atoms with Crippen molar-refractivity contribution >= 4 is 41.5 Å². The Balaban J connectivity index is 0.00000408. The Morgan fingerprint density at radius 3 is 2.50 bits per heavy atom. The maximum Gasteiger partial charge on any atom is 0.312 e. The summed E-state index contributed by atoms with van der Waals surface area (Å²) in [5, 5.41) is 16.7. The molecule has 180 valence electrons. The maximum absolute atomic E-state index is 12.7. The highest BCUT2D eigenvalue weighted by Crippen LogP contribution is 2.31. The number of nitrogens with zero attached hydrogens (tertiary/aromatic N) is 2. The molecule has 1 saturated carbocycles. The molecule has 0 bridgehead atoms. The number of aliphatic carboxylic acids is 1. The molecule has 0 spiro atoms. The monoisotopic (exact) mass is 482 g/mol. The van der Waals surface area contributed by atoms with Gasteiger partial charge in [-0.05, 0) is 55.7 Å². The van der Waals surface area contributed by atoms with Gasteiger partial charge in [0.05, 0.1) is 6.54 Å². The average molecular weight is 483 g/mol. The number of halogens is 1. The first kappa shape index (κ1) is 26.7. The number of carbonyl (C=O) groups excluding carboxylic acids is 1. The Kier molecular flexibility index (Phi) is 9.52. The number of nitrogens with one attached hydrogen (secondary N) is 1. The van der Waals surface area contributed by atoms with Crippen LogP contribution in [-0.2, 0) is 9.59 Å². The van der Waals surface area contributed by atoms with Crippen LogP contribution in [0.1, 0.15) is 48.8 Å². The van der Waals surface area contributed by atoms with Crippen LogP contribution in [0, 0.1) is 24.2 Å². The minimum absolute atomic E-state index is 0. The number of amides is 1. The number of nitrogen functional groups attached to an aromatic ring is 1. The highest BCUT2D eigenvalue weighted by atomic mass is 35.5. The molecule has 3 rings (SSSR count). The SMILES string of the molecule is Cc1cc(C#CCN(C)c2cccc(C(=N)N)c2)ccc1N(C(=O)CC(=O)O)C1CCCC1.Cl. The lowest BCUT2D eigenvalue weighted by Gasteiger charge is -2.30. The predicted octanol–water partition coefficient (Wildman–Crippen LogP) is 3.94. The minimum Gasteiger partial charge on any atom is -0.481 e. The molecule has 0 unspecified atom stereocenters. The summed E-state index contributed by atoms with van der Waals surface area (Å²) < 4.78 is 0. The molecule has 1 aliphatic rings. The molecule has 0 aliphatic heterocycles. The third-order valence-corrected chi connectivity index (χ3v) is 5.86. The number of carboxylic acid groups (broad SMARTS) is 1. The Morgan fingerprint density at radius 1 is 1.18 bits per heavy atom. The minimum atomic E-state index is -1.11. The second-order valence-corrected chi connectivity index (χ2v) is 8.40. The standard InChI is InChI=1S/C26H30N4O3.ClH/c1-18-15-19(7-6-14-29(2)22-11-5-8-20(16-22)26(27)28)12-13-23(18)30(21-9-3-4-10-21)24(31)17-25(32)33;/h5,8,11-13,15-16,21H,3-4,9-10,14,17H2,1-2H3,(H3,27,28)(H,32,33);1H. The molecule has 0 heterocycles. The summed E-state index contributed by atoms with van der Waals surface area (Å²) in [5.74, 6) is 4.87. The molecular weight excluding hydrogens is 452 g/mol. The van der Waals surface area contributed by atoms with Crippen molar-refractivity contribution in [2.24, 2.45) is 5.73 Å². The zero-order chi connectivity index (χ0) is 24.0. The second kappa shape index (κ2) is 12.1. The maximum atomic E-state index is 12.7. The Bertz CT molecular complexity index is 1120. The van der Waals surface area contributed by atoms with Crippen LogP contribution in [-0.4, -0.2) is 42.5 Å². The molecule has 1 aliphatic carbocycles. The van der Waals surface area contributed by atoms with Crippen molar-refractivity contribution in [1.29, 1.82) is 5.41 Å². The van der Waals surface area contributed by atoms with Gasteiger partial charge >= 0.3 is 5.97 Å². The average Bonchev–Trinajstić information content (AvgIpc) is 3.29. The van der Waals surface area contributed by atoms with E-state index in [1.807, 2.05) is 55.3 Å². The van der Waals surface area contributed by atoms with Gasteiger partial charge in [-0.25, -0.2) is 0 Å². The fourth-order valence-corrected chi connectivity index (χ4v) is 4.18. The van der Waals surface area contributed by atoms with Crippen LogP contribution < -0.4 is 15.5 Å². The van der Waals surface area contributed by atoms with E-state index in [1.165, 1.54) is 0 Å². The fourth-order valence-electron chi connectivity index (χ4n) is 4.18. The summed E-state index contributed by atoms with van der Waals surface area (Å²) in [6.45, 7) is 2.42. The lowest BCUT2D eigenvalue weighted by atomic mass is 10.1. The molecular formula is C26H31ClN4O3. The van der Waals surface area contributed by atoms with E-state index in [0.29, 0.717) is 12.1 Å². The molecule has 2 aromatic carbocycles. The zero-order valence-electron chi connectivity index (χ0n) is 19.5. The number of amidine groups is 1. The van der Waals surface area contributed by atoms with Crippen LogP contribution in [0.25, 0.3) is 0 Å². The second-order valence-electron chi connectivity index (χ2n) is 8.40. The smallest absolute Gasteiger partial charge is 0.312 e. The third-order valence-electron chi connectivity index (χ3n) is 5.86. The molecule has 4 N–H and O–H groups in total. The number of carbonyl (C=O) groups is 2. The third kappa shape index (κ3) is 6.75. The number of hydrogen-bond donors (Lipinski definition) is 3. The number of rotatable bonds is 7. The van der Waals surface area contributed by atoms with Gasteiger partial charge in [-0.15, -0.1) is 12.4 Å². The van der Waals surface area contributed by atoms with Gasteiger partial charge < -0.3 is 20.6 Å². The Labute approximate surface area is 206 Å². The van der Waals surface area contributed by atoms with E-state index in [2.05, 4.69) is 11.8 Å². The largest absolute Gasteiger partial charge is 0.481 e. The van der Waals surface area contributed by atoms with Gasteiger partial charge in [0.2, 0.25) is 5.91 Å². The van der Waals surface area contributed by atoms with Gasteiger partial charge in [0.1, 0.15) is 12.3 Å². The van der Waals surface area contributed by atoms with Crippen LogP contribution in [0.15, 0.2) is 42.5 Å². The summed E-state index contributed by atoms with van der Waals surface area (Å²) in [7, 11) is 1.93. The molecule has 8 heteroatoms. The molecule has 7 nitrogen and oxygen atoms in total. The van der Waals surface area contributed by atoms with Crippen molar-refractivity contribution in [3.8, 4) is 11.8 Å². The first-order valence-electron chi connectivity index (χ1n) is 11.0. The van der Waals surface area contributed by atoms with Gasteiger partial charge in [0.15, 0.2) is 0 Å². The van der Waals surface area contributed by atoms with Gasteiger partial charge in [-0.2, -0.15) is 0 Å². The molecule has 2 aromatic rings. The topological polar surface area (TPSA) is 111 Å². The molecule has 0 saturated heterocycles. The quantitative estimate of drug-likeness (QED) is 0.239. The van der Waals surface area contributed by atoms with Crippen LogP contribution in [0.3, 0.4) is 0 Å². The number of carboxylic acids is 1. The number of anilines is 2. The van der Waals surface area contributed by atoms with E-state index in [1.54, 1.807) is 11.0 Å². The Hall–Kier alpha value is -3.50.